The van der Waals surface area contributed by atoms with Crippen molar-refractivity contribution in [1.29, 1.82) is 0 Å². The van der Waals surface area contributed by atoms with Crippen LogP contribution < -0.4 is 5.32 Å². The van der Waals surface area contributed by atoms with Crippen molar-refractivity contribution < 1.29 is 24.2 Å². The molecule has 7 nitrogen and oxygen atoms in total. The molecule has 2 aromatic carbocycles. The van der Waals surface area contributed by atoms with Gasteiger partial charge in [0.05, 0.1) is 5.41 Å². The molecule has 1 saturated carbocycles. The number of carboxylic acids is 1. The van der Waals surface area contributed by atoms with Gasteiger partial charge in [0.2, 0.25) is 5.91 Å². The highest BCUT2D eigenvalue weighted by molar-refractivity contribution is 5.84. The number of carboxylic acid groups (broad SMARTS) is 1. The van der Waals surface area contributed by atoms with Gasteiger partial charge >= 0.3 is 12.1 Å². The van der Waals surface area contributed by atoms with Gasteiger partial charge in [-0.15, -0.1) is 0 Å². The SMILES string of the molecule is O=C(O)CC1CCN(C(=O)C2(CNC(=O)OCC3c4ccccc4-c4ccccc43)CCCC2)C1. The summed E-state index contributed by atoms with van der Waals surface area (Å²) in [4.78, 5) is 39.0. The molecule has 0 spiro atoms. The Labute approximate surface area is 205 Å². The van der Waals surface area contributed by atoms with Gasteiger partial charge in [0.25, 0.3) is 0 Å². The molecule has 2 N–H and O–H groups in total. The van der Waals surface area contributed by atoms with E-state index in [1.54, 1.807) is 4.90 Å². The van der Waals surface area contributed by atoms with Gasteiger partial charge in [-0.3, -0.25) is 9.59 Å². The van der Waals surface area contributed by atoms with Crippen LogP contribution in [-0.4, -0.2) is 54.2 Å². The minimum Gasteiger partial charge on any atom is -0.481 e. The number of nitrogens with zero attached hydrogens (tertiary/aromatic N) is 1. The van der Waals surface area contributed by atoms with Crippen LogP contribution in [0.5, 0.6) is 0 Å². The maximum atomic E-state index is 13.4. The van der Waals surface area contributed by atoms with Gasteiger partial charge in [0, 0.05) is 32.0 Å². The Morgan fingerprint density at radius 2 is 1.63 bits per heavy atom. The maximum absolute atomic E-state index is 13.4. The molecule has 35 heavy (non-hydrogen) atoms. The lowest BCUT2D eigenvalue weighted by Crippen LogP contribution is -2.48. The summed E-state index contributed by atoms with van der Waals surface area (Å²) in [5.41, 5.74) is 4.06. The zero-order chi connectivity index (χ0) is 24.4. The number of fused-ring (bicyclic) bond motifs is 3. The molecule has 1 unspecified atom stereocenters. The highest BCUT2D eigenvalue weighted by atomic mass is 16.5. The van der Waals surface area contributed by atoms with Crippen LogP contribution in [0.1, 0.15) is 55.6 Å². The standard InChI is InChI=1S/C28H32N2O5/c31-25(32)15-19-11-14-30(16-19)26(33)28(12-5-6-13-28)18-29-27(34)35-17-24-22-9-3-1-7-20(22)21-8-2-4-10-23(21)24/h1-4,7-10,19,24H,5-6,11-18H2,(H,29,34)(H,31,32). The molecule has 1 heterocycles. The predicted octanol–water partition coefficient (Wildman–Crippen LogP) is 4.41. The van der Waals surface area contributed by atoms with E-state index >= 15 is 0 Å². The molecule has 2 amide bonds. The van der Waals surface area contributed by atoms with Crippen LogP contribution >= 0.6 is 0 Å². The summed E-state index contributed by atoms with van der Waals surface area (Å²) in [7, 11) is 0. The summed E-state index contributed by atoms with van der Waals surface area (Å²) in [5, 5.41) is 12.0. The summed E-state index contributed by atoms with van der Waals surface area (Å²) in [6.45, 7) is 1.56. The van der Waals surface area contributed by atoms with E-state index in [4.69, 9.17) is 9.84 Å². The lowest BCUT2D eigenvalue weighted by molar-refractivity contribution is -0.142. The van der Waals surface area contributed by atoms with Crippen LogP contribution in [0.15, 0.2) is 48.5 Å². The Balaban J connectivity index is 1.20. The van der Waals surface area contributed by atoms with E-state index in [-0.39, 0.29) is 37.3 Å². The second-order valence-electron chi connectivity index (χ2n) is 10.2. The average molecular weight is 477 g/mol. The average Bonchev–Trinajstić information content (AvgIpc) is 3.59. The van der Waals surface area contributed by atoms with Crippen LogP contribution in [0, 0.1) is 11.3 Å². The number of carbonyl (C=O) groups is 3. The normalized spacial score (nSPS) is 20.3. The summed E-state index contributed by atoms with van der Waals surface area (Å²) in [5.74, 6) is -0.783. The predicted molar refractivity (Wildman–Crippen MR) is 131 cm³/mol. The van der Waals surface area contributed by atoms with Crippen molar-refractivity contribution >= 4 is 18.0 Å². The van der Waals surface area contributed by atoms with Crippen LogP contribution in [-0.2, 0) is 14.3 Å². The third kappa shape index (κ3) is 4.64. The molecular weight excluding hydrogens is 444 g/mol. The van der Waals surface area contributed by atoms with Gasteiger partial charge in [0.15, 0.2) is 0 Å². The van der Waals surface area contributed by atoms with Crippen molar-refractivity contribution in [2.45, 2.75) is 44.4 Å². The number of nitrogens with one attached hydrogen (secondary N) is 1. The molecule has 0 radical (unpaired) electrons. The van der Waals surface area contributed by atoms with E-state index in [0.717, 1.165) is 36.8 Å². The van der Waals surface area contributed by atoms with Crippen molar-refractivity contribution in [1.82, 2.24) is 10.2 Å². The number of rotatable bonds is 7. The van der Waals surface area contributed by atoms with Crippen molar-refractivity contribution in [3.63, 3.8) is 0 Å². The number of alkyl carbamates (subject to hydrolysis) is 1. The number of benzene rings is 2. The van der Waals surface area contributed by atoms with Gasteiger partial charge in [0.1, 0.15) is 6.61 Å². The maximum Gasteiger partial charge on any atom is 0.407 e. The van der Waals surface area contributed by atoms with E-state index in [1.165, 1.54) is 11.1 Å². The first-order chi connectivity index (χ1) is 17.0. The number of carbonyl (C=O) groups excluding carboxylic acids is 2. The van der Waals surface area contributed by atoms with E-state index in [2.05, 4.69) is 29.6 Å². The fraction of sp³-hybridized carbons (Fsp3) is 0.464. The summed E-state index contributed by atoms with van der Waals surface area (Å²) < 4.78 is 5.67. The Morgan fingerprint density at radius 1 is 1.00 bits per heavy atom. The van der Waals surface area contributed by atoms with Crippen LogP contribution in [0.2, 0.25) is 0 Å². The quantitative estimate of drug-likeness (QED) is 0.617. The van der Waals surface area contributed by atoms with E-state index in [1.807, 2.05) is 24.3 Å². The lowest BCUT2D eigenvalue weighted by Gasteiger charge is -2.32. The number of hydrogen-bond donors (Lipinski definition) is 2. The summed E-state index contributed by atoms with van der Waals surface area (Å²) in [6.07, 6.45) is 3.67. The summed E-state index contributed by atoms with van der Waals surface area (Å²) >= 11 is 0. The molecule has 1 saturated heterocycles. The first-order valence-corrected chi connectivity index (χ1v) is 12.6. The number of ether oxygens (including phenoxy) is 1. The molecule has 2 fully saturated rings. The molecule has 2 aromatic rings. The number of likely N-dealkylation sites (tertiary alicyclic amines) is 1. The Bertz CT molecular complexity index is 1080. The smallest absolute Gasteiger partial charge is 0.407 e. The minimum atomic E-state index is -0.822. The van der Waals surface area contributed by atoms with Gasteiger partial charge in [-0.2, -0.15) is 0 Å². The zero-order valence-corrected chi connectivity index (χ0v) is 19.9. The third-order valence-corrected chi connectivity index (χ3v) is 7.97. The number of hydrogen-bond acceptors (Lipinski definition) is 4. The molecule has 0 bridgehead atoms. The first kappa shape index (κ1) is 23.4. The molecular formula is C28H32N2O5. The Kier molecular flexibility index (Phi) is 6.50. The van der Waals surface area contributed by atoms with E-state index in [0.29, 0.717) is 19.5 Å². The largest absolute Gasteiger partial charge is 0.481 e. The third-order valence-electron chi connectivity index (χ3n) is 7.97. The van der Waals surface area contributed by atoms with Crippen molar-refractivity contribution in [2.75, 3.05) is 26.2 Å². The molecule has 5 rings (SSSR count). The highest BCUT2D eigenvalue weighted by Gasteiger charge is 2.45. The Hall–Kier alpha value is -3.35. The molecule has 3 aliphatic rings. The fourth-order valence-electron chi connectivity index (χ4n) is 6.17. The van der Waals surface area contributed by atoms with Crippen molar-refractivity contribution in [3.8, 4) is 11.1 Å². The highest BCUT2D eigenvalue weighted by Crippen LogP contribution is 2.44. The van der Waals surface area contributed by atoms with E-state index < -0.39 is 17.5 Å². The molecule has 184 valence electrons. The van der Waals surface area contributed by atoms with Crippen molar-refractivity contribution in [3.05, 3.63) is 59.7 Å². The van der Waals surface area contributed by atoms with Gasteiger partial charge in [-0.05, 0) is 47.4 Å². The number of aliphatic carboxylic acids is 1. The van der Waals surface area contributed by atoms with Crippen LogP contribution in [0.25, 0.3) is 11.1 Å². The topological polar surface area (TPSA) is 95.9 Å². The molecule has 0 aromatic heterocycles. The fourth-order valence-corrected chi connectivity index (χ4v) is 6.17. The van der Waals surface area contributed by atoms with Crippen LogP contribution in [0.3, 0.4) is 0 Å². The monoisotopic (exact) mass is 476 g/mol. The van der Waals surface area contributed by atoms with Gasteiger partial charge in [-0.25, -0.2) is 4.79 Å². The lowest BCUT2D eigenvalue weighted by atomic mass is 9.84. The number of amides is 2. The molecule has 7 heteroatoms. The zero-order valence-electron chi connectivity index (χ0n) is 19.9. The Morgan fingerprint density at radius 3 is 2.26 bits per heavy atom. The molecule has 2 aliphatic carbocycles. The van der Waals surface area contributed by atoms with Crippen LogP contribution in [0.4, 0.5) is 4.79 Å². The first-order valence-electron chi connectivity index (χ1n) is 12.6. The van der Waals surface area contributed by atoms with Gasteiger partial charge < -0.3 is 20.1 Å². The molecule has 1 atom stereocenters. The summed E-state index contributed by atoms with van der Waals surface area (Å²) in [6, 6.07) is 16.4. The van der Waals surface area contributed by atoms with E-state index in [9.17, 15) is 14.4 Å². The second-order valence-corrected chi connectivity index (χ2v) is 10.2. The second kappa shape index (κ2) is 9.72. The van der Waals surface area contributed by atoms with Gasteiger partial charge in [-0.1, -0.05) is 61.4 Å². The molecule has 1 aliphatic heterocycles. The van der Waals surface area contributed by atoms with Crippen molar-refractivity contribution in [2.24, 2.45) is 11.3 Å². The minimum absolute atomic E-state index is 0.00462.